The molecule has 0 bridgehead atoms. The standard InChI is InChI=1S/C27H42O6/c1-19(14-17-32-22(4)28)12-15-26(5)20(2)13-16-27(21(3)8-7-9-23(26)27)18-33-25(30)11-10-24(29)31-6/h8,14,20,23H,7,9-13,15-18H2,1-6H3/b19-14+/t20-,23-,26+,27-/m1/s1. The van der Waals surface area contributed by atoms with Crippen LogP contribution in [0.1, 0.15) is 86.0 Å². The molecule has 0 aliphatic heterocycles. The fraction of sp³-hybridized carbons (Fsp3) is 0.741. The van der Waals surface area contributed by atoms with Gasteiger partial charge in [0.15, 0.2) is 0 Å². The van der Waals surface area contributed by atoms with E-state index in [1.165, 1.54) is 25.2 Å². The van der Waals surface area contributed by atoms with E-state index in [0.29, 0.717) is 25.0 Å². The Balaban J connectivity index is 2.14. The molecule has 0 amide bonds. The Bertz CT molecular complexity index is 781. The molecule has 2 aliphatic rings. The lowest BCUT2D eigenvalue weighted by Gasteiger charge is -2.59. The predicted octanol–water partition coefficient (Wildman–Crippen LogP) is 5.55. The molecule has 1 fully saturated rings. The van der Waals surface area contributed by atoms with Crippen LogP contribution in [0.25, 0.3) is 0 Å². The third-order valence-electron chi connectivity index (χ3n) is 8.33. The lowest BCUT2D eigenvalue weighted by atomic mass is 9.46. The highest BCUT2D eigenvalue weighted by molar-refractivity contribution is 5.77. The number of carbonyl (C=O) groups excluding carboxylic acids is 3. The summed E-state index contributed by atoms with van der Waals surface area (Å²) in [5.41, 5.74) is 2.54. The number of allylic oxidation sites excluding steroid dienone is 2. The van der Waals surface area contributed by atoms with E-state index in [1.54, 1.807) is 0 Å². The van der Waals surface area contributed by atoms with Crippen molar-refractivity contribution in [2.24, 2.45) is 22.7 Å². The molecule has 0 spiro atoms. The first-order chi connectivity index (χ1) is 15.5. The van der Waals surface area contributed by atoms with E-state index in [0.717, 1.165) is 38.5 Å². The first-order valence-electron chi connectivity index (χ1n) is 12.2. The highest BCUT2D eigenvalue weighted by Crippen LogP contribution is 2.62. The van der Waals surface area contributed by atoms with E-state index in [9.17, 15) is 14.4 Å². The third kappa shape index (κ3) is 6.70. The average molecular weight is 463 g/mol. The van der Waals surface area contributed by atoms with Crippen LogP contribution in [0, 0.1) is 22.7 Å². The number of ether oxygens (including phenoxy) is 3. The summed E-state index contributed by atoms with van der Waals surface area (Å²) < 4.78 is 15.5. The van der Waals surface area contributed by atoms with Crippen LogP contribution >= 0.6 is 0 Å². The van der Waals surface area contributed by atoms with Crippen LogP contribution in [0.3, 0.4) is 0 Å². The summed E-state index contributed by atoms with van der Waals surface area (Å²) in [6.07, 6.45) is 10.7. The molecule has 0 aromatic rings. The molecule has 1 saturated carbocycles. The zero-order valence-corrected chi connectivity index (χ0v) is 21.3. The van der Waals surface area contributed by atoms with Crippen LogP contribution in [-0.2, 0) is 28.6 Å². The maximum atomic E-state index is 12.4. The van der Waals surface area contributed by atoms with Crippen LogP contribution < -0.4 is 0 Å². The molecule has 186 valence electrons. The summed E-state index contributed by atoms with van der Waals surface area (Å²) in [6.45, 7) is 11.2. The van der Waals surface area contributed by atoms with E-state index in [1.807, 2.05) is 6.08 Å². The summed E-state index contributed by atoms with van der Waals surface area (Å²) in [4.78, 5) is 34.8. The first kappa shape index (κ1) is 27.1. The second-order valence-corrected chi connectivity index (χ2v) is 10.2. The van der Waals surface area contributed by atoms with Crippen molar-refractivity contribution in [2.75, 3.05) is 20.3 Å². The van der Waals surface area contributed by atoms with Gasteiger partial charge in [0.1, 0.15) is 13.2 Å². The van der Waals surface area contributed by atoms with Crippen LogP contribution in [0.2, 0.25) is 0 Å². The molecule has 0 unspecified atom stereocenters. The van der Waals surface area contributed by atoms with E-state index >= 15 is 0 Å². The SMILES string of the molecule is COC(=O)CCC(=O)OC[C@@]12CC[C@@H](C)[C@](C)(CC/C(C)=C/COC(C)=O)[C@H]1CCC=C2C. The van der Waals surface area contributed by atoms with Crippen LogP contribution in [0.4, 0.5) is 0 Å². The maximum absolute atomic E-state index is 12.4. The molecule has 6 heteroatoms. The normalized spacial score (nSPS) is 29.5. The molecular weight excluding hydrogens is 420 g/mol. The highest BCUT2D eigenvalue weighted by atomic mass is 16.5. The van der Waals surface area contributed by atoms with E-state index in [2.05, 4.69) is 38.5 Å². The summed E-state index contributed by atoms with van der Waals surface area (Å²) >= 11 is 0. The Morgan fingerprint density at radius 3 is 2.45 bits per heavy atom. The van der Waals surface area contributed by atoms with Crippen molar-refractivity contribution in [1.29, 1.82) is 0 Å². The molecule has 2 rings (SSSR count). The van der Waals surface area contributed by atoms with Gasteiger partial charge in [-0.2, -0.15) is 0 Å². The molecular formula is C27H42O6. The van der Waals surface area contributed by atoms with Crippen molar-refractivity contribution in [1.82, 2.24) is 0 Å². The molecule has 6 nitrogen and oxygen atoms in total. The van der Waals surface area contributed by atoms with Gasteiger partial charge in [0.25, 0.3) is 0 Å². The number of hydrogen-bond acceptors (Lipinski definition) is 6. The van der Waals surface area contributed by atoms with Crippen molar-refractivity contribution in [3.63, 3.8) is 0 Å². The van der Waals surface area contributed by atoms with Gasteiger partial charge in [0.2, 0.25) is 0 Å². The van der Waals surface area contributed by atoms with E-state index in [4.69, 9.17) is 9.47 Å². The minimum absolute atomic E-state index is 0.0499. The van der Waals surface area contributed by atoms with Crippen molar-refractivity contribution in [2.45, 2.75) is 86.0 Å². The van der Waals surface area contributed by atoms with Gasteiger partial charge < -0.3 is 14.2 Å². The molecule has 33 heavy (non-hydrogen) atoms. The summed E-state index contributed by atoms with van der Waals surface area (Å²) in [6, 6.07) is 0. The molecule has 0 saturated heterocycles. The van der Waals surface area contributed by atoms with Crippen LogP contribution in [0.15, 0.2) is 23.3 Å². The lowest BCUT2D eigenvalue weighted by Crippen LogP contribution is -2.53. The zero-order chi connectivity index (χ0) is 24.6. The molecule has 0 heterocycles. The van der Waals surface area contributed by atoms with Crippen molar-refractivity contribution < 1.29 is 28.6 Å². The van der Waals surface area contributed by atoms with Crippen molar-refractivity contribution in [3.8, 4) is 0 Å². The van der Waals surface area contributed by atoms with Gasteiger partial charge in [0.05, 0.1) is 20.0 Å². The van der Waals surface area contributed by atoms with Gasteiger partial charge in [-0.15, -0.1) is 0 Å². The number of esters is 3. The molecule has 0 N–H and O–H groups in total. The summed E-state index contributed by atoms with van der Waals surface area (Å²) in [5.74, 6) is -0.00190. The average Bonchev–Trinajstić information content (AvgIpc) is 2.78. The minimum atomic E-state index is -0.395. The second-order valence-electron chi connectivity index (χ2n) is 10.2. The lowest BCUT2D eigenvalue weighted by molar-refractivity contribution is -0.156. The van der Waals surface area contributed by atoms with Crippen molar-refractivity contribution >= 4 is 17.9 Å². The monoisotopic (exact) mass is 462 g/mol. The van der Waals surface area contributed by atoms with Crippen LogP contribution in [0.5, 0.6) is 0 Å². The van der Waals surface area contributed by atoms with Gasteiger partial charge in [-0.05, 0) is 75.7 Å². The molecule has 2 aliphatic carbocycles. The van der Waals surface area contributed by atoms with E-state index < -0.39 is 5.97 Å². The topological polar surface area (TPSA) is 78.9 Å². The predicted molar refractivity (Wildman–Crippen MR) is 127 cm³/mol. The molecule has 0 radical (unpaired) electrons. The Morgan fingerprint density at radius 1 is 1.09 bits per heavy atom. The van der Waals surface area contributed by atoms with Gasteiger partial charge in [-0.25, -0.2) is 0 Å². The first-order valence-corrected chi connectivity index (χ1v) is 12.2. The third-order valence-corrected chi connectivity index (χ3v) is 8.33. The minimum Gasteiger partial charge on any atom is -0.469 e. The van der Waals surface area contributed by atoms with Gasteiger partial charge in [-0.1, -0.05) is 31.1 Å². The Morgan fingerprint density at radius 2 is 1.79 bits per heavy atom. The fourth-order valence-electron chi connectivity index (χ4n) is 5.87. The largest absolute Gasteiger partial charge is 0.469 e. The molecule has 4 atom stereocenters. The van der Waals surface area contributed by atoms with Crippen LogP contribution in [-0.4, -0.2) is 38.2 Å². The zero-order valence-electron chi connectivity index (χ0n) is 21.3. The fourth-order valence-corrected chi connectivity index (χ4v) is 5.87. The second kappa shape index (κ2) is 11.8. The highest BCUT2D eigenvalue weighted by Gasteiger charge is 2.55. The smallest absolute Gasteiger partial charge is 0.306 e. The number of fused-ring (bicyclic) bond motifs is 1. The Hall–Kier alpha value is -2.11. The number of carbonyl (C=O) groups is 3. The number of methoxy groups -OCH3 is 1. The van der Waals surface area contributed by atoms with E-state index in [-0.39, 0.29) is 35.6 Å². The number of hydrogen-bond donors (Lipinski definition) is 0. The van der Waals surface area contributed by atoms with Gasteiger partial charge in [0, 0.05) is 12.3 Å². The quantitative estimate of drug-likeness (QED) is 0.241. The van der Waals surface area contributed by atoms with Gasteiger partial charge in [-0.3, -0.25) is 14.4 Å². The summed E-state index contributed by atoms with van der Waals surface area (Å²) in [7, 11) is 1.32. The van der Waals surface area contributed by atoms with Crippen molar-refractivity contribution in [3.05, 3.63) is 23.3 Å². The number of rotatable bonds is 10. The summed E-state index contributed by atoms with van der Waals surface area (Å²) in [5, 5.41) is 0. The maximum Gasteiger partial charge on any atom is 0.306 e. The molecule has 0 aromatic carbocycles. The van der Waals surface area contributed by atoms with Gasteiger partial charge >= 0.3 is 17.9 Å². The Kier molecular flexibility index (Phi) is 9.74. The Labute approximate surface area is 199 Å². The molecule has 0 aromatic heterocycles.